The van der Waals surface area contributed by atoms with E-state index in [1.54, 1.807) is 12.1 Å². The van der Waals surface area contributed by atoms with Crippen LogP contribution in [0.3, 0.4) is 0 Å². The van der Waals surface area contributed by atoms with Crippen molar-refractivity contribution in [1.82, 2.24) is 15.5 Å². The molecule has 0 radical (unpaired) electrons. The molecule has 0 amide bonds. The third-order valence-electron chi connectivity index (χ3n) is 4.11. The van der Waals surface area contributed by atoms with E-state index in [0.29, 0.717) is 25.5 Å². The molecule has 1 aliphatic heterocycles. The molecule has 2 rings (SSSR count). The minimum absolute atomic E-state index is 0. The third kappa shape index (κ3) is 10.5. The van der Waals surface area contributed by atoms with Crippen molar-refractivity contribution in [1.29, 1.82) is 0 Å². The van der Waals surface area contributed by atoms with E-state index >= 15 is 0 Å². The highest BCUT2D eigenvalue weighted by atomic mass is 127. The summed E-state index contributed by atoms with van der Waals surface area (Å²) in [5.74, 6) is 0.583. The molecule has 1 unspecified atom stereocenters. The first-order valence-electron chi connectivity index (χ1n) is 9.16. The average Bonchev–Trinajstić information content (AvgIpc) is 3.03. The van der Waals surface area contributed by atoms with Crippen LogP contribution in [0.4, 0.5) is 26.3 Å². The van der Waals surface area contributed by atoms with Gasteiger partial charge in [-0.05, 0) is 31.0 Å². The van der Waals surface area contributed by atoms with Gasteiger partial charge < -0.3 is 15.4 Å². The Bertz CT molecular complexity index is 666. The van der Waals surface area contributed by atoms with Gasteiger partial charge in [0.2, 0.25) is 0 Å². The molecule has 5 nitrogen and oxygen atoms in total. The molecule has 1 fully saturated rings. The number of alkyl halides is 6. The summed E-state index contributed by atoms with van der Waals surface area (Å²) in [6.07, 6.45) is -8.04. The van der Waals surface area contributed by atoms with Gasteiger partial charge in [-0.15, -0.1) is 24.0 Å². The van der Waals surface area contributed by atoms with Crippen molar-refractivity contribution in [3.8, 4) is 5.75 Å². The fourth-order valence-corrected chi connectivity index (χ4v) is 2.89. The van der Waals surface area contributed by atoms with Gasteiger partial charge in [-0.25, -0.2) is 4.99 Å². The number of ether oxygens (including phenoxy) is 1. The van der Waals surface area contributed by atoms with Crippen LogP contribution in [-0.2, 0) is 6.54 Å². The standard InChI is InChI=1S/C18H24F6N4O.HI/c1-2-25-16(27-14-7-8-28(10-14)11-17(19,20)21)26-9-13-3-5-15(6-4-13)29-12-18(22,23)24;/h3-6,14H,2,7-12H2,1H3,(H2,25,26,27);1H. The fourth-order valence-electron chi connectivity index (χ4n) is 2.89. The van der Waals surface area contributed by atoms with E-state index in [1.807, 2.05) is 6.92 Å². The predicted octanol–water partition coefficient (Wildman–Crippen LogP) is 3.94. The van der Waals surface area contributed by atoms with E-state index < -0.39 is 25.5 Å². The van der Waals surface area contributed by atoms with Crippen molar-refractivity contribution in [3.63, 3.8) is 0 Å². The molecular formula is C18H25F6IN4O. The van der Waals surface area contributed by atoms with Crippen molar-refractivity contribution < 1.29 is 31.1 Å². The summed E-state index contributed by atoms with van der Waals surface area (Å²) in [7, 11) is 0. The molecule has 0 bridgehead atoms. The topological polar surface area (TPSA) is 48.9 Å². The van der Waals surface area contributed by atoms with Crippen LogP contribution in [0.15, 0.2) is 29.3 Å². The molecule has 1 heterocycles. The van der Waals surface area contributed by atoms with E-state index in [0.717, 1.165) is 5.56 Å². The molecular weight excluding hydrogens is 529 g/mol. The molecule has 0 aliphatic carbocycles. The Hall–Kier alpha value is -1.44. The van der Waals surface area contributed by atoms with Gasteiger partial charge in [-0.1, -0.05) is 12.1 Å². The summed E-state index contributed by atoms with van der Waals surface area (Å²) >= 11 is 0. The first-order valence-corrected chi connectivity index (χ1v) is 9.16. The van der Waals surface area contributed by atoms with Crippen molar-refractivity contribution in [2.24, 2.45) is 4.99 Å². The lowest BCUT2D eigenvalue weighted by atomic mass is 10.2. The largest absolute Gasteiger partial charge is 0.484 e. The van der Waals surface area contributed by atoms with E-state index in [2.05, 4.69) is 20.4 Å². The van der Waals surface area contributed by atoms with Gasteiger partial charge >= 0.3 is 12.4 Å². The summed E-state index contributed by atoms with van der Waals surface area (Å²) in [5.41, 5.74) is 0.756. The molecule has 2 N–H and O–H groups in total. The maximum absolute atomic E-state index is 12.5. The Morgan fingerprint density at radius 3 is 2.37 bits per heavy atom. The van der Waals surface area contributed by atoms with Crippen LogP contribution in [-0.4, -0.2) is 62.0 Å². The number of hydrogen-bond acceptors (Lipinski definition) is 3. The summed E-state index contributed by atoms with van der Waals surface area (Å²) in [6, 6.07) is 5.94. The number of benzene rings is 1. The first-order chi connectivity index (χ1) is 13.5. The molecule has 12 heteroatoms. The van der Waals surface area contributed by atoms with E-state index in [4.69, 9.17) is 0 Å². The monoisotopic (exact) mass is 554 g/mol. The lowest BCUT2D eigenvalue weighted by Gasteiger charge is -2.19. The smallest absolute Gasteiger partial charge is 0.422 e. The summed E-state index contributed by atoms with van der Waals surface area (Å²) < 4.78 is 78.6. The van der Waals surface area contributed by atoms with Gasteiger partial charge in [-0.2, -0.15) is 26.3 Å². The van der Waals surface area contributed by atoms with Crippen LogP contribution in [0.2, 0.25) is 0 Å². The van der Waals surface area contributed by atoms with Crippen LogP contribution in [0.5, 0.6) is 5.75 Å². The van der Waals surface area contributed by atoms with Crippen LogP contribution in [0, 0.1) is 0 Å². The molecule has 1 aromatic carbocycles. The van der Waals surface area contributed by atoms with Gasteiger partial charge in [0, 0.05) is 25.7 Å². The molecule has 1 saturated heterocycles. The highest BCUT2D eigenvalue weighted by molar-refractivity contribution is 14.0. The second-order valence-electron chi connectivity index (χ2n) is 6.72. The second-order valence-corrected chi connectivity index (χ2v) is 6.72. The number of nitrogens with zero attached hydrogens (tertiary/aromatic N) is 2. The molecule has 1 aliphatic rings. The van der Waals surface area contributed by atoms with E-state index in [-0.39, 0.29) is 48.9 Å². The molecule has 0 saturated carbocycles. The van der Waals surface area contributed by atoms with Crippen LogP contribution >= 0.6 is 24.0 Å². The quantitative estimate of drug-likeness (QED) is 0.232. The van der Waals surface area contributed by atoms with Crippen molar-refractivity contribution >= 4 is 29.9 Å². The van der Waals surface area contributed by atoms with Gasteiger partial charge in [0.1, 0.15) is 5.75 Å². The molecule has 0 spiro atoms. The zero-order chi connectivity index (χ0) is 21.5. The molecule has 1 atom stereocenters. The zero-order valence-electron chi connectivity index (χ0n) is 16.3. The molecule has 1 aromatic rings. The summed E-state index contributed by atoms with van der Waals surface area (Å²) in [5, 5.41) is 6.17. The maximum Gasteiger partial charge on any atom is 0.422 e. The lowest BCUT2D eigenvalue weighted by Crippen LogP contribution is -2.45. The SMILES string of the molecule is CCNC(=NCc1ccc(OCC(F)(F)F)cc1)NC1CCN(CC(F)(F)F)C1.I. The number of aliphatic imine (C=N–C) groups is 1. The number of rotatable bonds is 7. The van der Waals surface area contributed by atoms with E-state index in [1.165, 1.54) is 17.0 Å². The highest BCUT2D eigenvalue weighted by Crippen LogP contribution is 2.20. The summed E-state index contributed by atoms with van der Waals surface area (Å²) in [4.78, 5) is 5.74. The van der Waals surface area contributed by atoms with Gasteiger partial charge in [0.15, 0.2) is 12.6 Å². The summed E-state index contributed by atoms with van der Waals surface area (Å²) in [6.45, 7) is 1.05. The Morgan fingerprint density at radius 2 is 1.80 bits per heavy atom. The van der Waals surface area contributed by atoms with Gasteiger partial charge in [-0.3, -0.25) is 4.90 Å². The Labute approximate surface area is 188 Å². The van der Waals surface area contributed by atoms with Crippen molar-refractivity contribution in [2.75, 3.05) is 32.8 Å². The highest BCUT2D eigenvalue weighted by Gasteiger charge is 2.34. The first kappa shape index (κ1) is 26.6. The minimum Gasteiger partial charge on any atom is -0.484 e. The fraction of sp³-hybridized carbons (Fsp3) is 0.611. The minimum atomic E-state index is -4.40. The van der Waals surface area contributed by atoms with Gasteiger partial charge in [0.05, 0.1) is 13.1 Å². The second kappa shape index (κ2) is 11.8. The number of hydrogen-bond donors (Lipinski definition) is 2. The Kier molecular flexibility index (Phi) is 10.5. The number of likely N-dealkylation sites (tertiary alicyclic amines) is 1. The van der Waals surface area contributed by atoms with Crippen LogP contribution < -0.4 is 15.4 Å². The Morgan fingerprint density at radius 1 is 1.13 bits per heavy atom. The zero-order valence-corrected chi connectivity index (χ0v) is 18.6. The number of nitrogens with one attached hydrogen (secondary N) is 2. The van der Waals surface area contributed by atoms with E-state index in [9.17, 15) is 26.3 Å². The molecule has 0 aromatic heterocycles. The third-order valence-corrected chi connectivity index (χ3v) is 4.11. The maximum atomic E-state index is 12.5. The van der Waals surface area contributed by atoms with Gasteiger partial charge in [0.25, 0.3) is 0 Å². The Balaban J connectivity index is 0.00000450. The van der Waals surface area contributed by atoms with Crippen molar-refractivity contribution in [2.45, 2.75) is 38.3 Å². The molecule has 30 heavy (non-hydrogen) atoms. The normalized spacial score (nSPS) is 18.1. The number of guanidine groups is 1. The van der Waals surface area contributed by atoms with Crippen molar-refractivity contribution in [3.05, 3.63) is 29.8 Å². The lowest BCUT2D eigenvalue weighted by molar-refractivity contribution is -0.153. The van der Waals surface area contributed by atoms with Crippen LogP contribution in [0.1, 0.15) is 18.9 Å². The predicted molar refractivity (Wildman–Crippen MR) is 112 cm³/mol. The molecule has 172 valence electrons. The van der Waals surface area contributed by atoms with Crippen LogP contribution in [0.25, 0.3) is 0 Å². The average molecular weight is 554 g/mol. The number of halogens is 7.